The van der Waals surface area contributed by atoms with Crippen LogP contribution in [-0.4, -0.2) is 40.6 Å². The van der Waals surface area contributed by atoms with Crippen molar-refractivity contribution in [3.05, 3.63) is 76.2 Å². The number of unbranched alkanes of at least 4 members (excludes halogenated alkanes) is 10. The van der Waals surface area contributed by atoms with Crippen LogP contribution < -0.4 is 9.88 Å². The van der Waals surface area contributed by atoms with Crippen molar-refractivity contribution >= 4 is 31.7 Å². The van der Waals surface area contributed by atoms with Gasteiger partial charge in [-0.25, -0.2) is 26.2 Å². The average Bonchev–Trinajstić information content (AvgIpc) is 3.04. The summed E-state index contributed by atoms with van der Waals surface area (Å²) in [5.74, 6) is 0. The summed E-state index contributed by atoms with van der Waals surface area (Å²) in [6.45, 7) is 13.9. The number of aromatic nitrogens is 1. The first kappa shape index (κ1) is 47.8. The number of hydrogen-bond acceptors (Lipinski definition) is 6. The number of ether oxygens (including phenoxy) is 1. The largest absolute Gasteiger partial charge is 0.480 e. The Kier molecular flexibility index (Phi) is 20.1. The lowest BCUT2D eigenvalue weighted by Crippen LogP contribution is -2.41. The van der Waals surface area contributed by atoms with Gasteiger partial charge in [0.2, 0.25) is 0 Å². The van der Waals surface area contributed by atoms with E-state index >= 15 is 0 Å². The molecule has 0 aliphatic rings. The molecule has 0 fully saturated rings. The minimum atomic E-state index is -6.72. The van der Waals surface area contributed by atoms with E-state index in [1.54, 1.807) is 0 Å². The van der Waals surface area contributed by atoms with Crippen LogP contribution in [-0.2, 0) is 43.3 Å². The maximum absolute atomic E-state index is 12.3. The van der Waals surface area contributed by atoms with Gasteiger partial charge in [0, 0.05) is 18.1 Å². The fourth-order valence-electron chi connectivity index (χ4n) is 4.97. The van der Waals surface area contributed by atoms with Crippen LogP contribution in [0.1, 0.15) is 121 Å². The maximum atomic E-state index is 12.3. The first-order valence-corrected chi connectivity index (χ1v) is 20.5. The number of carbonyl (C=O) groups is 1. The quantitative estimate of drug-likeness (QED) is 0.0762. The van der Waals surface area contributed by atoms with Crippen molar-refractivity contribution in [2.24, 2.45) is 0 Å². The average molecular weight is 802 g/mol. The van der Waals surface area contributed by atoms with Crippen molar-refractivity contribution in [2.45, 2.75) is 134 Å². The molecule has 0 saturated heterocycles. The van der Waals surface area contributed by atoms with Crippen LogP contribution in [0.25, 0.3) is 9.70 Å². The van der Waals surface area contributed by atoms with E-state index in [1.165, 1.54) is 76.2 Å². The molecule has 0 radical (unpaired) electrons. The highest BCUT2D eigenvalue weighted by Crippen LogP contribution is 2.36. The highest BCUT2D eigenvalue weighted by molar-refractivity contribution is 8.13. The highest BCUT2D eigenvalue weighted by Gasteiger charge is 2.47. The molecule has 0 spiro atoms. The molecule has 2 aromatic rings. The summed E-state index contributed by atoms with van der Waals surface area (Å²) in [7, 11) is -13.4. The SMILES string of the molecule is C=C(C)c1cccc(C(C)(C)NC(=O)OCCCCCCCCCCCC[n+]2cccc(CCCC)c2)c1.O=S(=O)([N-]S(=O)(=O)C(F)(F)F)C(F)(F)F. The highest BCUT2D eigenvalue weighted by atomic mass is 32.3. The first-order valence-electron chi connectivity index (χ1n) is 17.6. The number of rotatable bonds is 21. The smallest absolute Gasteiger partial charge is 0.450 e. The first-order chi connectivity index (χ1) is 24.5. The molecule has 1 N–H and O–H groups in total. The number of benzene rings is 1. The predicted molar refractivity (Wildman–Crippen MR) is 193 cm³/mol. The zero-order valence-corrected chi connectivity index (χ0v) is 32.5. The molecule has 302 valence electrons. The lowest BCUT2D eigenvalue weighted by Gasteiger charge is -2.27. The van der Waals surface area contributed by atoms with Gasteiger partial charge in [-0.15, -0.1) is 0 Å². The van der Waals surface area contributed by atoms with Crippen LogP contribution in [0.5, 0.6) is 0 Å². The number of halogens is 6. The third-order valence-corrected chi connectivity index (χ3v) is 10.8. The Morgan fingerprint density at radius 1 is 0.811 bits per heavy atom. The molecule has 0 unspecified atom stereocenters. The van der Waals surface area contributed by atoms with Gasteiger partial charge in [-0.05, 0) is 69.7 Å². The van der Waals surface area contributed by atoms with E-state index in [0.717, 1.165) is 40.2 Å². The Morgan fingerprint density at radius 3 is 1.85 bits per heavy atom. The van der Waals surface area contributed by atoms with Gasteiger partial charge in [0.25, 0.3) is 0 Å². The fraction of sp³-hybridized carbons (Fsp3) is 0.611. The van der Waals surface area contributed by atoms with E-state index in [-0.39, 0.29) is 6.09 Å². The number of pyridine rings is 1. The van der Waals surface area contributed by atoms with Crippen LogP contribution in [0.15, 0.2) is 55.4 Å². The van der Waals surface area contributed by atoms with Gasteiger partial charge in [-0.2, -0.15) is 26.3 Å². The molecule has 0 bridgehead atoms. The van der Waals surface area contributed by atoms with Gasteiger partial charge in [0.1, 0.15) is 6.54 Å². The van der Waals surface area contributed by atoms with Gasteiger partial charge >= 0.3 is 17.1 Å². The number of nitrogens with one attached hydrogen (secondary N) is 1. The second-order valence-corrected chi connectivity index (χ2v) is 16.7. The number of nitrogens with zero attached hydrogens (tertiary/aromatic N) is 2. The Morgan fingerprint density at radius 2 is 1.34 bits per heavy atom. The monoisotopic (exact) mass is 801 g/mol. The van der Waals surface area contributed by atoms with Crippen molar-refractivity contribution in [3.63, 3.8) is 0 Å². The van der Waals surface area contributed by atoms with Gasteiger partial charge in [-0.1, -0.05) is 88.6 Å². The third kappa shape index (κ3) is 18.6. The van der Waals surface area contributed by atoms with E-state index in [9.17, 15) is 48.0 Å². The summed E-state index contributed by atoms with van der Waals surface area (Å²) < 4.78 is 117. The van der Waals surface area contributed by atoms with E-state index < -0.39 is 36.6 Å². The van der Waals surface area contributed by atoms with Crippen molar-refractivity contribution in [3.8, 4) is 0 Å². The molecule has 0 atom stereocenters. The number of sulfonamides is 2. The summed E-state index contributed by atoms with van der Waals surface area (Å²) in [5.41, 5.74) is -8.30. The van der Waals surface area contributed by atoms with Crippen LogP contribution in [0.4, 0.5) is 31.1 Å². The lowest BCUT2D eigenvalue weighted by molar-refractivity contribution is -0.697. The van der Waals surface area contributed by atoms with Gasteiger partial charge < -0.3 is 14.2 Å². The van der Waals surface area contributed by atoms with Crippen LogP contribution in [0.2, 0.25) is 0 Å². The number of aryl methyl sites for hydroxylation is 2. The minimum absolute atomic E-state index is 0.349. The van der Waals surface area contributed by atoms with E-state index in [2.05, 4.69) is 54.0 Å². The topological polar surface area (TPSA) is 125 Å². The summed E-state index contributed by atoms with van der Waals surface area (Å²) in [5, 5.41) is 3.01. The molecule has 9 nitrogen and oxygen atoms in total. The van der Waals surface area contributed by atoms with Crippen molar-refractivity contribution < 1.29 is 57.3 Å². The zero-order valence-electron chi connectivity index (χ0n) is 30.9. The number of carbonyl (C=O) groups excluding carboxylic acids is 1. The van der Waals surface area contributed by atoms with Gasteiger partial charge in [-0.3, -0.25) is 0 Å². The Balaban J connectivity index is 0.000000787. The van der Waals surface area contributed by atoms with Crippen molar-refractivity contribution in [1.82, 2.24) is 5.32 Å². The second-order valence-electron chi connectivity index (χ2n) is 13.3. The van der Waals surface area contributed by atoms with Crippen LogP contribution in [0.3, 0.4) is 0 Å². The third-order valence-electron chi connectivity index (χ3n) is 8.06. The van der Waals surface area contributed by atoms with E-state index in [0.29, 0.717) is 6.61 Å². The number of alkyl carbamates (subject to hydrolysis) is 1. The van der Waals surface area contributed by atoms with E-state index in [4.69, 9.17) is 4.74 Å². The Labute approximate surface area is 310 Å². The molecule has 0 aliphatic carbocycles. The second kappa shape index (κ2) is 22.3. The normalized spacial score (nSPS) is 12.5. The summed E-state index contributed by atoms with van der Waals surface area (Å²) >= 11 is 0. The molecular weight excluding hydrogens is 749 g/mol. The number of amides is 1. The molecular formula is C36H53F6N3O6S2. The number of hydrogen-bond donors (Lipinski definition) is 1. The molecule has 1 amide bonds. The predicted octanol–water partition coefficient (Wildman–Crippen LogP) is 9.97. The molecule has 1 heterocycles. The molecule has 53 heavy (non-hydrogen) atoms. The zero-order chi connectivity index (χ0) is 40.3. The molecule has 0 aliphatic heterocycles. The fourth-order valence-corrected chi connectivity index (χ4v) is 6.68. The van der Waals surface area contributed by atoms with Crippen molar-refractivity contribution in [1.29, 1.82) is 0 Å². The molecule has 17 heteroatoms. The lowest BCUT2D eigenvalue weighted by atomic mass is 9.92. The summed E-state index contributed by atoms with van der Waals surface area (Å²) in [6.07, 6.45) is 20.4. The number of alkyl halides is 6. The van der Waals surface area contributed by atoms with E-state index in [1.807, 2.05) is 39.0 Å². The van der Waals surface area contributed by atoms with Gasteiger partial charge in [0.05, 0.1) is 12.1 Å². The number of allylic oxidation sites excluding steroid dienone is 1. The Bertz CT molecular complexity index is 1610. The summed E-state index contributed by atoms with van der Waals surface area (Å²) in [4.78, 5) is 12.3. The molecule has 0 saturated carbocycles. The molecule has 1 aromatic carbocycles. The molecule has 2 rings (SSSR count). The van der Waals surface area contributed by atoms with Gasteiger partial charge in [0.15, 0.2) is 32.4 Å². The van der Waals surface area contributed by atoms with Crippen LogP contribution in [0, 0.1) is 0 Å². The summed E-state index contributed by atoms with van der Waals surface area (Å²) in [6, 6.07) is 12.6. The maximum Gasteiger partial charge on any atom is 0.480 e. The minimum Gasteiger partial charge on any atom is -0.450 e. The standard InChI is InChI=1S/C34H52N2O2.C2F6NO4S2/c1-6-7-20-30-21-19-25-36(28-30)24-16-14-12-10-8-9-11-13-15-17-26-38-33(37)35-34(4,5)32-23-18-22-31(27-32)29(2)3;3-1(4,5)14(10,11)9-15(12,13)2(6,7)8/h18-19,21-23,25,27-28H,2,6-17,20,24,26H2,1,3-5H3;/q;-1/p+1. The van der Waals surface area contributed by atoms with Crippen LogP contribution >= 0.6 is 0 Å². The molecule has 1 aromatic heterocycles. The Hall–Kier alpha value is -3.18. The van der Waals surface area contributed by atoms with Crippen molar-refractivity contribution in [2.75, 3.05) is 6.61 Å².